The van der Waals surface area contributed by atoms with E-state index < -0.39 is 5.82 Å². The van der Waals surface area contributed by atoms with Gasteiger partial charge in [0.05, 0.1) is 10.6 Å². The Kier molecular flexibility index (Phi) is 4.36. The van der Waals surface area contributed by atoms with Crippen molar-refractivity contribution in [3.05, 3.63) is 40.9 Å². The van der Waals surface area contributed by atoms with Crippen LogP contribution >= 0.6 is 11.6 Å². The first kappa shape index (κ1) is 14.5. The number of ether oxygens (including phenoxy) is 1. The summed E-state index contributed by atoms with van der Waals surface area (Å²) in [6.45, 7) is 3.92. The van der Waals surface area contributed by atoms with E-state index in [4.69, 9.17) is 22.2 Å². The molecule has 0 atom stereocenters. The molecule has 0 aliphatic heterocycles. The fraction of sp³-hybridized carbons (Fsp3) is 0.231. The minimum Gasteiger partial charge on any atom is -0.438 e. The van der Waals surface area contributed by atoms with Gasteiger partial charge in [-0.25, -0.2) is 20.2 Å². The summed E-state index contributed by atoms with van der Waals surface area (Å²) in [5.74, 6) is 6.24. The second kappa shape index (κ2) is 6.02. The molecule has 0 amide bonds. The molecule has 0 fully saturated rings. The molecule has 3 N–H and O–H groups in total. The fourth-order valence-electron chi connectivity index (χ4n) is 1.75. The molecule has 2 rings (SSSR count). The highest BCUT2D eigenvalue weighted by atomic mass is 35.5. The third kappa shape index (κ3) is 2.97. The van der Waals surface area contributed by atoms with Crippen LogP contribution in [0.2, 0.25) is 5.02 Å². The van der Waals surface area contributed by atoms with Crippen molar-refractivity contribution in [1.82, 2.24) is 9.97 Å². The van der Waals surface area contributed by atoms with Gasteiger partial charge in [0.15, 0.2) is 5.82 Å². The number of rotatable bonds is 4. The van der Waals surface area contributed by atoms with Gasteiger partial charge in [0, 0.05) is 6.07 Å². The van der Waals surface area contributed by atoms with E-state index >= 15 is 0 Å². The minimum absolute atomic E-state index is 0.0140. The molecule has 0 aliphatic rings. The number of nitrogens with zero attached hydrogens (tertiary/aromatic N) is 2. The van der Waals surface area contributed by atoms with Crippen molar-refractivity contribution in [2.24, 2.45) is 5.84 Å². The van der Waals surface area contributed by atoms with Crippen LogP contribution in [0.1, 0.15) is 25.3 Å². The topological polar surface area (TPSA) is 73.1 Å². The average molecular weight is 297 g/mol. The number of hydrogen-bond donors (Lipinski definition) is 2. The molecule has 106 valence electrons. The normalized spacial score (nSPS) is 10.7. The van der Waals surface area contributed by atoms with Crippen molar-refractivity contribution >= 4 is 17.4 Å². The van der Waals surface area contributed by atoms with Crippen molar-refractivity contribution in [2.75, 3.05) is 5.43 Å². The third-order valence-electron chi connectivity index (χ3n) is 2.67. The Bertz CT molecular complexity index is 621. The summed E-state index contributed by atoms with van der Waals surface area (Å²) in [7, 11) is 0. The van der Waals surface area contributed by atoms with Crippen LogP contribution in [-0.2, 0) is 0 Å². The second-order valence-electron chi connectivity index (χ2n) is 4.42. The number of benzene rings is 1. The Hall–Kier alpha value is -1.92. The zero-order valence-corrected chi connectivity index (χ0v) is 11.8. The Labute approximate surface area is 120 Å². The summed E-state index contributed by atoms with van der Waals surface area (Å²) in [5, 5.41) is -0.0140. The van der Waals surface area contributed by atoms with Gasteiger partial charge in [-0.2, -0.15) is 0 Å². The third-order valence-corrected chi connectivity index (χ3v) is 2.96. The molecule has 0 radical (unpaired) electrons. The van der Waals surface area contributed by atoms with Crippen molar-refractivity contribution in [2.45, 2.75) is 19.8 Å². The lowest BCUT2D eigenvalue weighted by atomic mass is 10.1. The van der Waals surface area contributed by atoms with Gasteiger partial charge in [-0.3, -0.25) is 0 Å². The van der Waals surface area contributed by atoms with Gasteiger partial charge < -0.3 is 10.2 Å². The maximum atomic E-state index is 13.1. The molecular formula is C13H14ClFN4O. The van der Waals surface area contributed by atoms with Gasteiger partial charge in [0.2, 0.25) is 5.88 Å². The second-order valence-corrected chi connectivity index (χ2v) is 4.83. The Morgan fingerprint density at radius 3 is 2.70 bits per heavy atom. The van der Waals surface area contributed by atoms with E-state index in [1.807, 2.05) is 13.8 Å². The van der Waals surface area contributed by atoms with Crippen LogP contribution in [0, 0.1) is 5.82 Å². The molecule has 2 aromatic rings. The van der Waals surface area contributed by atoms with E-state index in [0.717, 1.165) is 5.56 Å². The molecule has 0 spiro atoms. The summed E-state index contributed by atoms with van der Waals surface area (Å²) in [4.78, 5) is 8.13. The predicted octanol–water partition coefficient (Wildman–Crippen LogP) is 3.47. The fourth-order valence-corrected chi connectivity index (χ4v) is 1.92. The molecule has 5 nitrogen and oxygen atoms in total. The summed E-state index contributed by atoms with van der Waals surface area (Å²) in [5.41, 5.74) is 3.24. The molecule has 0 saturated heterocycles. The number of nitrogen functional groups attached to an aromatic ring is 1. The number of halogens is 2. The highest BCUT2D eigenvalue weighted by Crippen LogP contribution is 2.33. The Balaban J connectivity index is 2.40. The van der Waals surface area contributed by atoms with Crippen molar-refractivity contribution in [3.63, 3.8) is 0 Å². The molecule has 0 saturated carbocycles. The zero-order valence-electron chi connectivity index (χ0n) is 11.0. The van der Waals surface area contributed by atoms with Crippen LogP contribution in [0.25, 0.3) is 0 Å². The molecule has 0 bridgehead atoms. The van der Waals surface area contributed by atoms with E-state index in [-0.39, 0.29) is 10.9 Å². The van der Waals surface area contributed by atoms with Gasteiger partial charge in [-0.05, 0) is 18.1 Å². The number of aromatic nitrogens is 2. The van der Waals surface area contributed by atoms with E-state index in [1.54, 1.807) is 0 Å². The average Bonchev–Trinajstić information content (AvgIpc) is 2.42. The lowest BCUT2D eigenvalue weighted by Gasteiger charge is -2.15. The van der Waals surface area contributed by atoms with Crippen molar-refractivity contribution < 1.29 is 9.13 Å². The molecule has 20 heavy (non-hydrogen) atoms. The van der Waals surface area contributed by atoms with E-state index in [0.29, 0.717) is 17.4 Å². The smallest absolute Gasteiger partial charge is 0.227 e. The van der Waals surface area contributed by atoms with E-state index in [2.05, 4.69) is 15.4 Å². The van der Waals surface area contributed by atoms with Gasteiger partial charge in [-0.1, -0.05) is 25.4 Å². The van der Waals surface area contributed by atoms with Crippen molar-refractivity contribution in [3.8, 4) is 11.6 Å². The zero-order chi connectivity index (χ0) is 14.7. The standard InChI is InChI=1S/C13H14ClFN4O/c1-7(2)11-12(19-16)17-6-18-13(11)20-8-3-4-10(15)9(14)5-8/h3-7H,16H2,1-2H3,(H,17,18,19). The Morgan fingerprint density at radius 1 is 1.35 bits per heavy atom. The van der Waals surface area contributed by atoms with Crippen LogP contribution in [-0.4, -0.2) is 9.97 Å². The summed E-state index contributed by atoms with van der Waals surface area (Å²) in [6.07, 6.45) is 1.33. The van der Waals surface area contributed by atoms with Gasteiger partial charge in [-0.15, -0.1) is 0 Å². The van der Waals surface area contributed by atoms with E-state index in [1.165, 1.54) is 24.5 Å². The van der Waals surface area contributed by atoms with Crippen LogP contribution < -0.4 is 16.0 Å². The quantitative estimate of drug-likeness (QED) is 0.667. The number of hydrogen-bond acceptors (Lipinski definition) is 5. The number of nitrogens with two attached hydrogens (primary N) is 1. The van der Waals surface area contributed by atoms with Gasteiger partial charge in [0.25, 0.3) is 0 Å². The molecular weight excluding hydrogens is 283 g/mol. The summed E-state index contributed by atoms with van der Waals surface area (Å²) < 4.78 is 18.8. The summed E-state index contributed by atoms with van der Waals surface area (Å²) >= 11 is 5.72. The van der Waals surface area contributed by atoms with Crippen LogP contribution in [0.15, 0.2) is 24.5 Å². The largest absolute Gasteiger partial charge is 0.438 e. The molecule has 1 aromatic carbocycles. The number of anilines is 1. The maximum Gasteiger partial charge on any atom is 0.227 e. The monoisotopic (exact) mass is 296 g/mol. The van der Waals surface area contributed by atoms with Crippen LogP contribution in [0.5, 0.6) is 11.6 Å². The van der Waals surface area contributed by atoms with Crippen LogP contribution in [0.3, 0.4) is 0 Å². The Morgan fingerprint density at radius 2 is 2.10 bits per heavy atom. The highest BCUT2D eigenvalue weighted by Gasteiger charge is 2.16. The minimum atomic E-state index is -0.505. The number of hydrazine groups is 1. The number of nitrogens with one attached hydrogen (secondary N) is 1. The lowest BCUT2D eigenvalue weighted by molar-refractivity contribution is 0.450. The van der Waals surface area contributed by atoms with Gasteiger partial charge >= 0.3 is 0 Å². The lowest BCUT2D eigenvalue weighted by Crippen LogP contribution is -2.13. The van der Waals surface area contributed by atoms with Gasteiger partial charge in [0.1, 0.15) is 17.9 Å². The first-order valence-corrected chi connectivity index (χ1v) is 6.35. The first-order valence-electron chi connectivity index (χ1n) is 5.97. The predicted molar refractivity (Wildman–Crippen MR) is 75.4 cm³/mol. The highest BCUT2D eigenvalue weighted by molar-refractivity contribution is 6.30. The molecule has 1 aromatic heterocycles. The maximum absolute atomic E-state index is 13.1. The molecule has 0 unspecified atom stereocenters. The van der Waals surface area contributed by atoms with Crippen molar-refractivity contribution in [1.29, 1.82) is 0 Å². The molecule has 1 heterocycles. The van der Waals surface area contributed by atoms with E-state index in [9.17, 15) is 4.39 Å². The SMILES string of the molecule is CC(C)c1c(NN)ncnc1Oc1ccc(F)c(Cl)c1. The summed E-state index contributed by atoms with van der Waals surface area (Å²) in [6, 6.07) is 4.09. The molecule has 7 heteroatoms. The van der Waals surface area contributed by atoms with Crippen LogP contribution in [0.4, 0.5) is 10.2 Å². The first-order chi connectivity index (χ1) is 9.52. The molecule has 0 aliphatic carbocycles.